The number of nitrogens with zero attached hydrogens (tertiary/aromatic N) is 2. The molecule has 3 aromatic rings. The van der Waals surface area contributed by atoms with E-state index in [0.717, 1.165) is 32.7 Å². The first kappa shape index (κ1) is 20.8. The average Bonchev–Trinajstić information content (AvgIpc) is 2.77. The zero-order valence-electron chi connectivity index (χ0n) is 16.5. The molecule has 0 aromatic heterocycles. The minimum absolute atomic E-state index is 0.0732. The van der Waals surface area contributed by atoms with Crippen molar-refractivity contribution in [3.05, 3.63) is 94.5 Å². The molecule has 0 aliphatic heterocycles. The highest BCUT2D eigenvalue weighted by molar-refractivity contribution is 9.10. The van der Waals surface area contributed by atoms with Crippen LogP contribution in [0.3, 0.4) is 0 Å². The summed E-state index contributed by atoms with van der Waals surface area (Å²) < 4.78 is 6.10. The Labute approximate surface area is 180 Å². The van der Waals surface area contributed by atoms with Gasteiger partial charge in [0.2, 0.25) is 5.91 Å². The second-order valence-electron chi connectivity index (χ2n) is 6.45. The molecule has 148 valence electrons. The van der Waals surface area contributed by atoms with Gasteiger partial charge in [-0.1, -0.05) is 49.4 Å². The molecule has 1 amide bonds. The zero-order chi connectivity index (χ0) is 20.6. The second-order valence-corrected chi connectivity index (χ2v) is 7.30. The number of carbonyl (C=O) groups excluding carboxylic acids is 1. The maximum atomic E-state index is 12.8. The van der Waals surface area contributed by atoms with Gasteiger partial charge in [0.05, 0.1) is 18.5 Å². The van der Waals surface area contributed by atoms with Crippen molar-refractivity contribution in [1.82, 2.24) is 0 Å². The van der Waals surface area contributed by atoms with E-state index in [9.17, 15) is 4.79 Å². The van der Waals surface area contributed by atoms with Crippen LogP contribution >= 0.6 is 15.9 Å². The SMILES string of the molecule is CCC(=O)N(/N=C(/Cc1ccccc1)c1ccc(OC)cc1)c1ccccc1Br. The monoisotopic (exact) mass is 450 g/mol. The second kappa shape index (κ2) is 10.0. The molecule has 4 nitrogen and oxygen atoms in total. The number of anilines is 1. The summed E-state index contributed by atoms with van der Waals surface area (Å²) in [5.74, 6) is 0.705. The summed E-state index contributed by atoms with van der Waals surface area (Å²) in [6.45, 7) is 1.84. The highest BCUT2D eigenvalue weighted by Gasteiger charge is 2.18. The normalized spacial score (nSPS) is 11.2. The highest BCUT2D eigenvalue weighted by atomic mass is 79.9. The number of methoxy groups -OCH3 is 1. The average molecular weight is 451 g/mol. The molecule has 0 saturated heterocycles. The molecule has 3 rings (SSSR count). The van der Waals surface area contributed by atoms with Gasteiger partial charge in [-0.15, -0.1) is 0 Å². The summed E-state index contributed by atoms with van der Waals surface area (Å²) in [7, 11) is 1.64. The van der Waals surface area contributed by atoms with Crippen LogP contribution in [0.4, 0.5) is 5.69 Å². The van der Waals surface area contributed by atoms with Crippen molar-refractivity contribution in [3.8, 4) is 5.75 Å². The van der Waals surface area contributed by atoms with Gasteiger partial charge in [0.1, 0.15) is 5.75 Å². The third kappa shape index (κ3) is 5.33. The standard InChI is InChI=1S/C24H23BrN2O2/c1-3-24(28)27(23-12-8-7-11-21(23)25)26-22(17-18-9-5-4-6-10-18)19-13-15-20(29-2)16-14-19/h4-16H,3,17H2,1-2H3/b26-22-. The van der Waals surface area contributed by atoms with E-state index in [2.05, 4.69) is 28.1 Å². The number of halogens is 1. The number of hydrazone groups is 1. The van der Waals surface area contributed by atoms with Crippen LogP contribution in [0.5, 0.6) is 5.75 Å². The highest BCUT2D eigenvalue weighted by Crippen LogP contribution is 2.27. The Bertz CT molecular complexity index is 985. The van der Waals surface area contributed by atoms with Gasteiger partial charge in [0.25, 0.3) is 0 Å². The predicted octanol–water partition coefficient (Wildman–Crippen LogP) is 5.85. The maximum absolute atomic E-state index is 12.8. The number of hydrogen-bond acceptors (Lipinski definition) is 3. The van der Waals surface area contributed by atoms with Crippen molar-refractivity contribution in [3.63, 3.8) is 0 Å². The van der Waals surface area contributed by atoms with Crippen molar-refractivity contribution < 1.29 is 9.53 Å². The quantitative estimate of drug-likeness (QED) is 0.334. The number of ether oxygens (including phenoxy) is 1. The Morgan fingerprint density at radius 2 is 1.62 bits per heavy atom. The molecule has 0 saturated carbocycles. The molecule has 0 aliphatic rings. The third-order valence-corrected chi connectivity index (χ3v) is 5.15. The van der Waals surface area contributed by atoms with Crippen LogP contribution in [0.1, 0.15) is 24.5 Å². The Morgan fingerprint density at radius 1 is 0.966 bits per heavy atom. The van der Waals surface area contributed by atoms with Crippen LogP contribution in [0.15, 0.2) is 88.4 Å². The van der Waals surface area contributed by atoms with E-state index >= 15 is 0 Å². The Morgan fingerprint density at radius 3 is 2.24 bits per heavy atom. The Balaban J connectivity index is 2.09. The third-order valence-electron chi connectivity index (χ3n) is 4.48. The molecular formula is C24H23BrN2O2. The van der Waals surface area contributed by atoms with E-state index in [1.165, 1.54) is 5.01 Å². The fourth-order valence-corrected chi connectivity index (χ4v) is 3.36. The van der Waals surface area contributed by atoms with Gasteiger partial charge < -0.3 is 4.74 Å². The first-order valence-corrected chi connectivity index (χ1v) is 10.2. The van der Waals surface area contributed by atoms with Crippen molar-refractivity contribution in [2.75, 3.05) is 12.1 Å². The maximum Gasteiger partial charge on any atom is 0.247 e. The lowest BCUT2D eigenvalue weighted by Gasteiger charge is -2.20. The predicted molar refractivity (Wildman–Crippen MR) is 122 cm³/mol. The van der Waals surface area contributed by atoms with Gasteiger partial charge in [-0.3, -0.25) is 4.79 Å². The van der Waals surface area contributed by atoms with Crippen molar-refractivity contribution in [2.45, 2.75) is 19.8 Å². The molecule has 5 heteroatoms. The Kier molecular flexibility index (Phi) is 7.19. The molecule has 0 N–H and O–H groups in total. The van der Waals surface area contributed by atoms with Gasteiger partial charge in [-0.05, 0) is 63.5 Å². The molecule has 0 fully saturated rings. The largest absolute Gasteiger partial charge is 0.497 e. The fraction of sp³-hybridized carbons (Fsp3) is 0.167. The lowest BCUT2D eigenvalue weighted by Crippen LogP contribution is -2.27. The molecule has 0 heterocycles. The Hall–Kier alpha value is -2.92. The number of rotatable bonds is 7. The minimum Gasteiger partial charge on any atom is -0.497 e. The fourth-order valence-electron chi connectivity index (χ4n) is 2.91. The van der Waals surface area contributed by atoms with Crippen LogP contribution in [0.25, 0.3) is 0 Å². The van der Waals surface area contributed by atoms with Crippen LogP contribution in [0.2, 0.25) is 0 Å². The van der Waals surface area contributed by atoms with E-state index in [1.54, 1.807) is 7.11 Å². The van der Waals surface area contributed by atoms with Gasteiger partial charge >= 0.3 is 0 Å². The number of carbonyl (C=O) groups is 1. The van der Waals surface area contributed by atoms with Gasteiger partial charge in [-0.25, -0.2) is 0 Å². The van der Waals surface area contributed by atoms with Crippen LogP contribution in [0, 0.1) is 0 Å². The number of para-hydroxylation sites is 1. The topological polar surface area (TPSA) is 41.9 Å². The smallest absolute Gasteiger partial charge is 0.247 e. The summed E-state index contributed by atoms with van der Waals surface area (Å²) >= 11 is 3.55. The van der Waals surface area contributed by atoms with E-state index in [0.29, 0.717) is 12.8 Å². The van der Waals surface area contributed by atoms with Gasteiger partial charge in [-0.2, -0.15) is 10.1 Å². The zero-order valence-corrected chi connectivity index (χ0v) is 18.1. The van der Waals surface area contributed by atoms with Crippen molar-refractivity contribution >= 4 is 33.2 Å². The molecule has 29 heavy (non-hydrogen) atoms. The number of hydrogen-bond donors (Lipinski definition) is 0. The molecule has 0 atom stereocenters. The van der Waals surface area contributed by atoms with E-state index in [1.807, 2.05) is 73.7 Å². The van der Waals surface area contributed by atoms with E-state index < -0.39 is 0 Å². The molecular weight excluding hydrogens is 428 g/mol. The minimum atomic E-state index is -0.0732. The summed E-state index contributed by atoms with van der Waals surface area (Å²) in [6.07, 6.45) is 0.956. The van der Waals surface area contributed by atoms with Gasteiger partial charge in [0.15, 0.2) is 0 Å². The molecule has 0 unspecified atom stereocenters. The van der Waals surface area contributed by atoms with Crippen molar-refractivity contribution in [2.24, 2.45) is 5.10 Å². The summed E-state index contributed by atoms with van der Waals surface area (Å²) in [6, 6.07) is 25.5. The van der Waals surface area contributed by atoms with Crippen LogP contribution in [-0.2, 0) is 11.2 Å². The molecule has 0 spiro atoms. The van der Waals surface area contributed by atoms with Crippen molar-refractivity contribution in [1.29, 1.82) is 0 Å². The van der Waals surface area contributed by atoms with E-state index in [4.69, 9.17) is 9.84 Å². The van der Waals surface area contributed by atoms with E-state index in [-0.39, 0.29) is 5.91 Å². The van der Waals surface area contributed by atoms with Gasteiger partial charge in [0, 0.05) is 17.3 Å². The van der Waals surface area contributed by atoms with Crippen LogP contribution < -0.4 is 9.75 Å². The first-order chi connectivity index (χ1) is 14.1. The lowest BCUT2D eigenvalue weighted by molar-refractivity contribution is -0.118. The lowest BCUT2D eigenvalue weighted by atomic mass is 10.0. The first-order valence-electron chi connectivity index (χ1n) is 9.45. The van der Waals surface area contributed by atoms with Crippen LogP contribution in [-0.4, -0.2) is 18.7 Å². The molecule has 3 aromatic carbocycles. The number of amides is 1. The molecule has 0 aliphatic carbocycles. The molecule has 0 radical (unpaired) electrons. The number of benzene rings is 3. The summed E-state index contributed by atoms with van der Waals surface area (Å²) in [5.41, 5.74) is 3.59. The summed E-state index contributed by atoms with van der Waals surface area (Å²) in [5, 5.41) is 6.32. The summed E-state index contributed by atoms with van der Waals surface area (Å²) in [4.78, 5) is 12.8. The molecule has 0 bridgehead atoms.